The molecule has 1 aliphatic carbocycles. The number of carboxylic acid groups (broad SMARTS) is 1. The summed E-state index contributed by atoms with van der Waals surface area (Å²) in [7, 11) is 0. The minimum absolute atomic E-state index is 0.117. The van der Waals surface area contributed by atoms with Gasteiger partial charge in [0, 0.05) is 6.54 Å². The third-order valence-corrected chi connectivity index (χ3v) is 3.84. The van der Waals surface area contributed by atoms with E-state index in [1.165, 1.54) is 6.42 Å². The van der Waals surface area contributed by atoms with Crippen molar-refractivity contribution in [1.82, 2.24) is 5.32 Å². The molecule has 4 heteroatoms. The van der Waals surface area contributed by atoms with E-state index in [0.29, 0.717) is 29.2 Å². The van der Waals surface area contributed by atoms with E-state index in [9.17, 15) is 14.7 Å². The number of carbonyl (C=O) groups is 2. The van der Waals surface area contributed by atoms with Gasteiger partial charge in [0.2, 0.25) is 0 Å². The Morgan fingerprint density at radius 2 is 1.79 bits per heavy atom. The largest absolute Gasteiger partial charge is 0.478 e. The van der Waals surface area contributed by atoms with Crippen molar-refractivity contribution in [2.75, 3.05) is 6.54 Å². The highest BCUT2D eigenvalue weighted by atomic mass is 16.4. The van der Waals surface area contributed by atoms with Gasteiger partial charge in [0.1, 0.15) is 0 Å². The number of aromatic carboxylic acids is 1. The molecular formula is C15H19NO3. The lowest BCUT2D eigenvalue weighted by Crippen LogP contribution is -2.33. The fourth-order valence-corrected chi connectivity index (χ4v) is 2.40. The molecule has 0 aliphatic heterocycles. The number of aryl methyl sites for hydroxylation is 2. The quantitative estimate of drug-likeness (QED) is 0.875. The Bertz CT molecular complexity index is 518. The summed E-state index contributed by atoms with van der Waals surface area (Å²) in [5.74, 6) is -0.761. The molecule has 4 nitrogen and oxygen atoms in total. The topological polar surface area (TPSA) is 66.4 Å². The predicted octanol–water partition coefficient (Wildman–Crippen LogP) is 2.53. The van der Waals surface area contributed by atoms with Crippen molar-refractivity contribution < 1.29 is 14.7 Å². The van der Waals surface area contributed by atoms with E-state index < -0.39 is 5.97 Å². The Labute approximate surface area is 112 Å². The van der Waals surface area contributed by atoms with E-state index in [1.54, 1.807) is 26.0 Å². The molecule has 0 spiro atoms. The number of carbonyl (C=O) groups excluding carboxylic acids is 1. The van der Waals surface area contributed by atoms with Crippen LogP contribution in [-0.4, -0.2) is 23.5 Å². The SMILES string of the molecule is Cc1ccc(C)c(C(=O)NCC2CCC2)c1C(=O)O. The van der Waals surface area contributed by atoms with Crippen molar-refractivity contribution in [3.8, 4) is 0 Å². The van der Waals surface area contributed by atoms with Crippen molar-refractivity contribution in [3.05, 3.63) is 34.4 Å². The van der Waals surface area contributed by atoms with Crippen LogP contribution < -0.4 is 5.32 Å². The smallest absolute Gasteiger partial charge is 0.336 e. The normalized spacial score (nSPS) is 14.8. The molecule has 1 aromatic rings. The van der Waals surface area contributed by atoms with E-state index >= 15 is 0 Å². The number of nitrogens with one attached hydrogen (secondary N) is 1. The fraction of sp³-hybridized carbons (Fsp3) is 0.467. The van der Waals surface area contributed by atoms with Gasteiger partial charge in [0.25, 0.3) is 5.91 Å². The van der Waals surface area contributed by atoms with E-state index in [4.69, 9.17) is 0 Å². The van der Waals surface area contributed by atoms with Gasteiger partial charge in [-0.15, -0.1) is 0 Å². The molecule has 1 saturated carbocycles. The minimum Gasteiger partial charge on any atom is -0.478 e. The van der Waals surface area contributed by atoms with Crippen LogP contribution in [0.5, 0.6) is 0 Å². The molecule has 1 fully saturated rings. The first-order valence-corrected chi connectivity index (χ1v) is 6.62. The van der Waals surface area contributed by atoms with Crippen LogP contribution in [-0.2, 0) is 0 Å². The summed E-state index contributed by atoms with van der Waals surface area (Å²) in [5, 5.41) is 12.1. The second-order valence-electron chi connectivity index (χ2n) is 5.26. The molecule has 19 heavy (non-hydrogen) atoms. The Morgan fingerprint density at radius 3 is 2.26 bits per heavy atom. The van der Waals surface area contributed by atoms with E-state index in [1.807, 2.05) is 0 Å². The highest BCUT2D eigenvalue weighted by molar-refractivity contribution is 6.06. The van der Waals surface area contributed by atoms with Crippen molar-refractivity contribution in [2.45, 2.75) is 33.1 Å². The van der Waals surface area contributed by atoms with Crippen LogP contribution in [0.25, 0.3) is 0 Å². The number of hydrogen-bond donors (Lipinski definition) is 2. The van der Waals surface area contributed by atoms with Crippen molar-refractivity contribution in [1.29, 1.82) is 0 Å². The number of benzene rings is 1. The molecule has 1 aliphatic rings. The molecule has 1 aromatic carbocycles. The second kappa shape index (κ2) is 5.43. The lowest BCUT2D eigenvalue weighted by atomic mass is 9.85. The molecule has 102 valence electrons. The summed E-state index contributed by atoms with van der Waals surface area (Å²) in [4.78, 5) is 23.5. The third-order valence-electron chi connectivity index (χ3n) is 3.84. The fourth-order valence-electron chi connectivity index (χ4n) is 2.40. The summed E-state index contributed by atoms with van der Waals surface area (Å²) >= 11 is 0. The molecule has 0 saturated heterocycles. The lowest BCUT2D eigenvalue weighted by molar-refractivity contribution is 0.0689. The van der Waals surface area contributed by atoms with Crippen LogP contribution in [0.15, 0.2) is 12.1 Å². The summed E-state index contributed by atoms with van der Waals surface area (Å²) < 4.78 is 0. The van der Waals surface area contributed by atoms with Gasteiger partial charge in [-0.25, -0.2) is 4.79 Å². The monoisotopic (exact) mass is 261 g/mol. The van der Waals surface area contributed by atoms with Gasteiger partial charge in [-0.2, -0.15) is 0 Å². The molecular weight excluding hydrogens is 242 g/mol. The van der Waals surface area contributed by atoms with E-state index in [-0.39, 0.29) is 11.5 Å². The van der Waals surface area contributed by atoms with Crippen LogP contribution in [0, 0.1) is 19.8 Å². The summed E-state index contributed by atoms with van der Waals surface area (Å²) in [6.45, 7) is 4.13. The molecule has 2 N–H and O–H groups in total. The minimum atomic E-state index is -1.05. The maximum Gasteiger partial charge on any atom is 0.336 e. The molecule has 0 atom stereocenters. The van der Waals surface area contributed by atoms with Crippen LogP contribution in [0.1, 0.15) is 51.1 Å². The van der Waals surface area contributed by atoms with Crippen molar-refractivity contribution in [3.63, 3.8) is 0 Å². The first kappa shape index (κ1) is 13.6. The zero-order valence-corrected chi connectivity index (χ0v) is 11.3. The van der Waals surface area contributed by atoms with Gasteiger partial charge < -0.3 is 10.4 Å². The Balaban J connectivity index is 2.23. The number of rotatable bonds is 4. The van der Waals surface area contributed by atoms with Crippen LogP contribution in [0.4, 0.5) is 0 Å². The van der Waals surface area contributed by atoms with Crippen LogP contribution in [0.3, 0.4) is 0 Å². The lowest BCUT2D eigenvalue weighted by Gasteiger charge is -2.25. The maximum absolute atomic E-state index is 12.2. The van der Waals surface area contributed by atoms with Crippen molar-refractivity contribution in [2.24, 2.45) is 5.92 Å². The molecule has 0 aromatic heterocycles. The Morgan fingerprint density at radius 1 is 1.21 bits per heavy atom. The predicted molar refractivity (Wildman–Crippen MR) is 72.5 cm³/mol. The molecule has 0 heterocycles. The Hall–Kier alpha value is -1.84. The summed E-state index contributed by atoms with van der Waals surface area (Å²) in [5.41, 5.74) is 1.74. The maximum atomic E-state index is 12.2. The van der Waals surface area contributed by atoms with Gasteiger partial charge in [0.15, 0.2) is 0 Å². The van der Waals surface area contributed by atoms with Crippen LogP contribution in [0.2, 0.25) is 0 Å². The molecule has 2 rings (SSSR count). The van der Waals surface area contributed by atoms with Crippen LogP contribution >= 0.6 is 0 Å². The number of amides is 1. The zero-order valence-electron chi connectivity index (χ0n) is 11.3. The Kier molecular flexibility index (Phi) is 3.88. The number of hydrogen-bond acceptors (Lipinski definition) is 2. The highest BCUT2D eigenvalue weighted by Crippen LogP contribution is 2.25. The molecule has 0 unspecified atom stereocenters. The average Bonchev–Trinajstić information content (AvgIpc) is 2.29. The summed E-state index contributed by atoms with van der Waals surface area (Å²) in [6.07, 6.45) is 3.53. The standard InChI is InChI=1S/C15H19NO3/c1-9-6-7-10(2)13(15(18)19)12(9)14(17)16-8-11-4-3-5-11/h6-7,11H,3-5,8H2,1-2H3,(H,16,17)(H,18,19). The van der Waals surface area contributed by atoms with E-state index in [0.717, 1.165) is 12.8 Å². The van der Waals surface area contributed by atoms with Gasteiger partial charge in [0.05, 0.1) is 11.1 Å². The first-order chi connectivity index (χ1) is 9.00. The van der Waals surface area contributed by atoms with Crippen molar-refractivity contribution >= 4 is 11.9 Å². The van der Waals surface area contributed by atoms with E-state index in [2.05, 4.69) is 5.32 Å². The van der Waals surface area contributed by atoms with Gasteiger partial charge in [-0.1, -0.05) is 18.6 Å². The molecule has 0 bridgehead atoms. The molecule has 0 radical (unpaired) electrons. The third kappa shape index (κ3) is 2.78. The zero-order chi connectivity index (χ0) is 14.0. The summed E-state index contributed by atoms with van der Waals surface area (Å²) in [6, 6.07) is 3.53. The van der Waals surface area contributed by atoms with Gasteiger partial charge in [-0.05, 0) is 43.7 Å². The van der Waals surface area contributed by atoms with Gasteiger partial charge >= 0.3 is 5.97 Å². The average molecular weight is 261 g/mol. The molecule has 1 amide bonds. The first-order valence-electron chi connectivity index (χ1n) is 6.62. The number of carboxylic acids is 1. The van der Waals surface area contributed by atoms with Gasteiger partial charge in [-0.3, -0.25) is 4.79 Å². The highest BCUT2D eigenvalue weighted by Gasteiger charge is 2.23. The second-order valence-corrected chi connectivity index (χ2v) is 5.26.